The number of aryl methyl sites for hydroxylation is 1. The second-order valence-corrected chi connectivity index (χ2v) is 6.50. The molecule has 0 bridgehead atoms. The lowest BCUT2D eigenvalue weighted by atomic mass is 10.1. The third kappa shape index (κ3) is 3.57. The molecule has 1 N–H and O–H groups in total. The van der Waals surface area contributed by atoms with Crippen molar-refractivity contribution in [3.63, 3.8) is 0 Å². The number of carbonyl (C=O) groups excluding carboxylic acids is 1. The SMILES string of the molecule is Cc1cccc(Cn2cnc3c(cnn3CCNC(=O)c3ccco3)c2=O)c1. The molecule has 0 radical (unpaired) electrons. The Balaban J connectivity index is 1.48. The van der Waals surface area contributed by atoms with Crippen LogP contribution in [0.1, 0.15) is 21.7 Å². The summed E-state index contributed by atoms with van der Waals surface area (Å²) in [5.41, 5.74) is 2.54. The fourth-order valence-electron chi connectivity index (χ4n) is 3.05. The maximum Gasteiger partial charge on any atom is 0.287 e. The predicted octanol–water partition coefficient (Wildman–Crippen LogP) is 1.97. The zero-order valence-electron chi connectivity index (χ0n) is 15.3. The summed E-state index contributed by atoms with van der Waals surface area (Å²) in [5.74, 6) is -0.0441. The zero-order valence-corrected chi connectivity index (χ0v) is 15.3. The summed E-state index contributed by atoms with van der Waals surface area (Å²) in [6.07, 6.45) is 4.50. The minimum atomic E-state index is -0.296. The normalized spacial score (nSPS) is 11.0. The molecule has 1 aromatic carbocycles. The molecule has 1 amide bonds. The number of nitrogens with one attached hydrogen (secondary N) is 1. The van der Waals surface area contributed by atoms with Crippen LogP contribution in [-0.2, 0) is 13.1 Å². The van der Waals surface area contributed by atoms with Gasteiger partial charge >= 0.3 is 0 Å². The largest absolute Gasteiger partial charge is 0.459 e. The van der Waals surface area contributed by atoms with Crippen molar-refractivity contribution < 1.29 is 9.21 Å². The summed E-state index contributed by atoms with van der Waals surface area (Å²) in [6.45, 7) is 3.20. The number of fused-ring (bicyclic) bond motifs is 1. The molecule has 0 fully saturated rings. The molecule has 0 unspecified atom stereocenters. The first-order valence-corrected chi connectivity index (χ1v) is 8.90. The van der Waals surface area contributed by atoms with Gasteiger partial charge in [0.05, 0.1) is 25.5 Å². The van der Waals surface area contributed by atoms with Gasteiger partial charge in [0.1, 0.15) is 11.7 Å². The molecule has 3 aromatic heterocycles. The molecule has 0 aliphatic heterocycles. The standard InChI is InChI=1S/C20H19N5O3/c1-14-4-2-5-15(10-14)12-24-13-22-18-16(20(24)27)11-23-25(18)8-7-21-19(26)17-6-3-9-28-17/h2-6,9-11,13H,7-8,12H2,1H3,(H,21,26). The molecule has 0 atom stereocenters. The second-order valence-electron chi connectivity index (χ2n) is 6.50. The van der Waals surface area contributed by atoms with Gasteiger partial charge in [-0.3, -0.25) is 14.2 Å². The first-order valence-electron chi connectivity index (χ1n) is 8.90. The van der Waals surface area contributed by atoms with Crippen molar-refractivity contribution in [2.45, 2.75) is 20.0 Å². The molecule has 8 heteroatoms. The average molecular weight is 377 g/mol. The first-order chi connectivity index (χ1) is 13.6. The highest BCUT2D eigenvalue weighted by molar-refractivity contribution is 5.91. The Bertz CT molecular complexity index is 1170. The van der Waals surface area contributed by atoms with Crippen molar-refractivity contribution in [3.05, 3.63) is 82.4 Å². The molecular weight excluding hydrogens is 358 g/mol. The molecule has 8 nitrogen and oxygen atoms in total. The van der Waals surface area contributed by atoms with Crippen molar-refractivity contribution in [2.75, 3.05) is 6.54 Å². The Morgan fingerprint density at radius 2 is 2.14 bits per heavy atom. The Hall–Kier alpha value is -3.68. The Kier molecular flexibility index (Phi) is 4.76. The van der Waals surface area contributed by atoms with Gasteiger partial charge in [-0.1, -0.05) is 29.8 Å². The third-order valence-corrected chi connectivity index (χ3v) is 4.41. The van der Waals surface area contributed by atoms with Crippen LogP contribution in [0.15, 0.2) is 64.4 Å². The van der Waals surface area contributed by atoms with E-state index in [2.05, 4.69) is 15.4 Å². The quantitative estimate of drug-likeness (QED) is 0.554. The highest BCUT2D eigenvalue weighted by Gasteiger charge is 2.12. The van der Waals surface area contributed by atoms with E-state index < -0.39 is 0 Å². The molecule has 0 aliphatic carbocycles. The van der Waals surface area contributed by atoms with E-state index in [9.17, 15) is 9.59 Å². The molecule has 0 aliphatic rings. The zero-order chi connectivity index (χ0) is 19.5. The summed E-state index contributed by atoms with van der Waals surface area (Å²) >= 11 is 0. The van der Waals surface area contributed by atoms with Crippen molar-refractivity contribution in [2.24, 2.45) is 0 Å². The molecule has 4 rings (SSSR count). The number of benzene rings is 1. The smallest absolute Gasteiger partial charge is 0.287 e. The first kappa shape index (κ1) is 17.7. The lowest BCUT2D eigenvalue weighted by molar-refractivity contribution is 0.0924. The minimum Gasteiger partial charge on any atom is -0.459 e. The van der Waals surface area contributed by atoms with Crippen molar-refractivity contribution in [1.29, 1.82) is 0 Å². The summed E-state index contributed by atoms with van der Waals surface area (Å²) in [5, 5.41) is 7.44. The van der Waals surface area contributed by atoms with E-state index >= 15 is 0 Å². The monoisotopic (exact) mass is 377 g/mol. The molecule has 28 heavy (non-hydrogen) atoms. The molecule has 4 aromatic rings. The Labute approximate surface area is 160 Å². The maximum atomic E-state index is 12.8. The molecule has 0 saturated heterocycles. The second kappa shape index (κ2) is 7.51. The van der Waals surface area contributed by atoms with Crippen LogP contribution in [-0.4, -0.2) is 31.8 Å². The number of amides is 1. The van der Waals surface area contributed by atoms with E-state index in [0.717, 1.165) is 11.1 Å². The lowest BCUT2D eigenvalue weighted by Crippen LogP contribution is -2.27. The fourth-order valence-corrected chi connectivity index (χ4v) is 3.05. The van der Waals surface area contributed by atoms with E-state index in [1.54, 1.807) is 21.4 Å². The van der Waals surface area contributed by atoms with Gasteiger partial charge in [0.25, 0.3) is 11.5 Å². The van der Waals surface area contributed by atoms with E-state index in [1.165, 1.54) is 18.8 Å². The summed E-state index contributed by atoms with van der Waals surface area (Å²) < 4.78 is 8.23. The average Bonchev–Trinajstić information content (AvgIpc) is 3.35. The van der Waals surface area contributed by atoms with Crippen LogP contribution in [0.2, 0.25) is 0 Å². The predicted molar refractivity (Wildman–Crippen MR) is 103 cm³/mol. The van der Waals surface area contributed by atoms with Crippen LogP contribution < -0.4 is 10.9 Å². The third-order valence-electron chi connectivity index (χ3n) is 4.41. The van der Waals surface area contributed by atoms with Crippen LogP contribution in [0.4, 0.5) is 0 Å². The number of furan rings is 1. The molecular formula is C20H19N5O3. The van der Waals surface area contributed by atoms with Crippen molar-refractivity contribution in [1.82, 2.24) is 24.6 Å². The van der Waals surface area contributed by atoms with Gasteiger partial charge in [0, 0.05) is 6.54 Å². The van der Waals surface area contributed by atoms with Gasteiger partial charge in [-0.05, 0) is 24.6 Å². The van der Waals surface area contributed by atoms with Gasteiger partial charge in [-0.2, -0.15) is 5.10 Å². The van der Waals surface area contributed by atoms with Crippen LogP contribution >= 0.6 is 0 Å². The van der Waals surface area contributed by atoms with Crippen LogP contribution in [0.25, 0.3) is 11.0 Å². The van der Waals surface area contributed by atoms with Gasteiger partial charge in [-0.15, -0.1) is 0 Å². The highest BCUT2D eigenvalue weighted by atomic mass is 16.3. The maximum absolute atomic E-state index is 12.8. The van der Waals surface area contributed by atoms with Gasteiger partial charge in [-0.25, -0.2) is 9.67 Å². The molecule has 142 valence electrons. The molecule has 0 saturated carbocycles. The highest BCUT2D eigenvalue weighted by Crippen LogP contribution is 2.08. The molecule has 0 spiro atoms. The number of aromatic nitrogens is 4. The Morgan fingerprint density at radius 3 is 2.93 bits per heavy atom. The van der Waals surface area contributed by atoms with Crippen molar-refractivity contribution >= 4 is 16.9 Å². The number of hydrogen-bond donors (Lipinski definition) is 1. The van der Waals surface area contributed by atoms with Crippen LogP contribution in [0.5, 0.6) is 0 Å². The minimum absolute atomic E-state index is 0.141. The fraction of sp³-hybridized carbons (Fsp3) is 0.200. The van der Waals surface area contributed by atoms with Crippen molar-refractivity contribution in [3.8, 4) is 0 Å². The van der Waals surface area contributed by atoms with E-state index in [0.29, 0.717) is 30.7 Å². The number of nitrogens with zero attached hydrogens (tertiary/aromatic N) is 4. The van der Waals surface area contributed by atoms with Gasteiger partial charge in [0.15, 0.2) is 11.4 Å². The summed E-state index contributed by atoms with van der Waals surface area (Å²) in [7, 11) is 0. The molecule has 3 heterocycles. The number of hydrogen-bond acceptors (Lipinski definition) is 5. The van der Waals surface area contributed by atoms with Gasteiger partial charge < -0.3 is 9.73 Å². The number of carbonyl (C=O) groups is 1. The topological polar surface area (TPSA) is 95.0 Å². The van der Waals surface area contributed by atoms with E-state index in [1.807, 2.05) is 31.2 Å². The van der Waals surface area contributed by atoms with E-state index in [4.69, 9.17) is 4.42 Å². The Morgan fingerprint density at radius 1 is 1.25 bits per heavy atom. The van der Waals surface area contributed by atoms with Gasteiger partial charge in [0.2, 0.25) is 0 Å². The van der Waals surface area contributed by atoms with E-state index in [-0.39, 0.29) is 17.2 Å². The van der Waals surface area contributed by atoms with Crippen LogP contribution in [0, 0.1) is 6.92 Å². The van der Waals surface area contributed by atoms with Crippen LogP contribution in [0.3, 0.4) is 0 Å². The summed E-state index contributed by atoms with van der Waals surface area (Å²) in [6, 6.07) is 11.3. The number of rotatable bonds is 6. The summed E-state index contributed by atoms with van der Waals surface area (Å²) in [4.78, 5) is 29.0. The lowest BCUT2D eigenvalue weighted by Gasteiger charge is -2.07.